The van der Waals surface area contributed by atoms with Crippen molar-refractivity contribution in [3.63, 3.8) is 0 Å². The molecule has 0 spiro atoms. The van der Waals surface area contributed by atoms with Crippen LogP contribution in [0.4, 0.5) is 5.69 Å². The Kier molecular flexibility index (Phi) is 10.8. The average molecular weight is 584 g/mol. The van der Waals surface area contributed by atoms with Gasteiger partial charge in [-0.3, -0.25) is 13.9 Å². The lowest BCUT2D eigenvalue weighted by Gasteiger charge is -2.33. The maximum absolute atomic E-state index is 14.0. The number of benzene rings is 3. The van der Waals surface area contributed by atoms with Crippen LogP contribution in [0.3, 0.4) is 0 Å². The van der Waals surface area contributed by atoms with Crippen LogP contribution in [0.15, 0.2) is 77.7 Å². The van der Waals surface area contributed by atoms with Crippen molar-refractivity contribution >= 4 is 39.1 Å². The molecule has 2 amide bonds. The minimum absolute atomic E-state index is 0.0170. The largest absolute Gasteiger partial charge is 0.352 e. The Hall–Kier alpha value is -3.36. The molecule has 214 valence electrons. The number of rotatable bonds is 12. The number of amides is 2. The third-order valence-corrected chi connectivity index (χ3v) is 8.80. The topological polar surface area (TPSA) is 86.8 Å². The fraction of sp³-hybridized carbons (Fsp3) is 0.355. The fourth-order valence-electron chi connectivity index (χ4n) is 4.42. The first-order valence-corrected chi connectivity index (χ1v) is 15.2. The zero-order chi connectivity index (χ0) is 29.4. The summed E-state index contributed by atoms with van der Waals surface area (Å²) in [6.45, 7) is 9.19. The van der Waals surface area contributed by atoms with Gasteiger partial charge in [-0.25, -0.2) is 8.42 Å². The number of hydrogen-bond acceptors (Lipinski definition) is 4. The lowest BCUT2D eigenvalue weighted by molar-refractivity contribution is -0.139. The Morgan fingerprint density at radius 3 is 2.15 bits per heavy atom. The number of sulfonamides is 1. The summed E-state index contributed by atoms with van der Waals surface area (Å²) in [6.07, 6.45) is 0.901. The number of halogens is 1. The molecular formula is C31H38ClN3O4S. The van der Waals surface area contributed by atoms with Crippen LogP contribution >= 0.6 is 11.6 Å². The van der Waals surface area contributed by atoms with E-state index < -0.39 is 28.5 Å². The van der Waals surface area contributed by atoms with Gasteiger partial charge in [-0.2, -0.15) is 0 Å². The normalized spacial score (nSPS) is 12.2. The SMILES string of the molecule is CC[C@H](C(=O)NC(C)C)N(CCc1ccccc1)C(=O)CN(c1ccc(C)c(C)c1)S(=O)(=O)c1ccc(Cl)cc1. The summed E-state index contributed by atoms with van der Waals surface area (Å²) in [5, 5.41) is 3.31. The first-order valence-electron chi connectivity index (χ1n) is 13.4. The molecule has 0 heterocycles. The minimum Gasteiger partial charge on any atom is -0.352 e. The van der Waals surface area contributed by atoms with E-state index >= 15 is 0 Å². The maximum atomic E-state index is 14.0. The number of carbonyl (C=O) groups excluding carboxylic acids is 2. The molecule has 1 atom stereocenters. The van der Waals surface area contributed by atoms with Crippen molar-refractivity contribution in [3.8, 4) is 0 Å². The number of nitrogens with one attached hydrogen (secondary N) is 1. The molecule has 0 aromatic heterocycles. The molecule has 0 saturated carbocycles. The Balaban J connectivity index is 2.03. The van der Waals surface area contributed by atoms with Gasteiger partial charge in [0, 0.05) is 17.6 Å². The van der Waals surface area contributed by atoms with Crippen molar-refractivity contribution in [2.45, 2.75) is 64.4 Å². The molecule has 7 nitrogen and oxygen atoms in total. The van der Waals surface area contributed by atoms with Crippen molar-refractivity contribution in [2.75, 3.05) is 17.4 Å². The molecule has 0 fully saturated rings. The van der Waals surface area contributed by atoms with Gasteiger partial charge in [0.1, 0.15) is 12.6 Å². The highest BCUT2D eigenvalue weighted by Gasteiger charge is 2.33. The molecule has 0 radical (unpaired) electrons. The summed E-state index contributed by atoms with van der Waals surface area (Å²) in [6, 6.07) is 20.0. The molecular weight excluding hydrogens is 546 g/mol. The number of anilines is 1. The van der Waals surface area contributed by atoms with E-state index in [4.69, 9.17) is 11.6 Å². The summed E-state index contributed by atoms with van der Waals surface area (Å²) in [5.74, 6) is -0.727. The average Bonchev–Trinajstić information content (AvgIpc) is 2.91. The molecule has 0 unspecified atom stereocenters. The van der Waals surface area contributed by atoms with Crippen LogP contribution in [-0.2, 0) is 26.0 Å². The first kappa shape index (κ1) is 31.2. The molecule has 3 aromatic carbocycles. The second-order valence-corrected chi connectivity index (χ2v) is 12.4. The molecule has 0 aliphatic carbocycles. The molecule has 3 rings (SSSR count). The summed E-state index contributed by atoms with van der Waals surface area (Å²) in [7, 11) is -4.14. The predicted octanol–water partition coefficient (Wildman–Crippen LogP) is 5.53. The highest BCUT2D eigenvalue weighted by molar-refractivity contribution is 7.92. The Bertz CT molecular complexity index is 1410. The van der Waals surface area contributed by atoms with Crippen molar-refractivity contribution in [1.29, 1.82) is 0 Å². The van der Waals surface area contributed by atoms with Crippen LogP contribution in [0.25, 0.3) is 0 Å². The number of carbonyl (C=O) groups is 2. The van der Waals surface area contributed by atoms with Gasteiger partial charge >= 0.3 is 0 Å². The van der Waals surface area contributed by atoms with E-state index in [9.17, 15) is 18.0 Å². The second-order valence-electron chi connectivity index (χ2n) is 10.1. The van der Waals surface area contributed by atoms with E-state index in [1.54, 1.807) is 12.1 Å². The lowest BCUT2D eigenvalue weighted by atomic mass is 10.1. The molecule has 0 bridgehead atoms. The Morgan fingerprint density at radius 2 is 1.57 bits per heavy atom. The van der Waals surface area contributed by atoms with Crippen molar-refractivity contribution in [3.05, 3.63) is 94.5 Å². The molecule has 0 aliphatic rings. The third kappa shape index (κ3) is 7.86. The smallest absolute Gasteiger partial charge is 0.264 e. The quantitative estimate of drug-likeness (QED) is 0.304. The highest BCUT2D eigenvalue weighted by atomic mass is 35.5. The zero-order valence-corrected chi connectivity index (χ0v) is 25.3. The van der Waals surface area contributed by atoms with Gasteiger partial charge in [0.15, 0.2) is 0 Å². The van der Waals surface area contributed by atoms with Crippen LogP contribution < -0.4 is 9.62 Å². The van der Waals surface area contributed by atoms with Crippen molar-refractivity contribution in [1.82, 2.24) is 10.2 Å². The highest BCUT2D eigenvalue weighted by Crippen LogP contribution is 2.27. The maximum Gasteiger partial charge on any atom is 0.264 e. The van der Waals surface area contributed by atoms with Gasteiger partial charge in [-0.1, -0.05) is 54.9 Å². The second kappa shape index (κ2) is 13.8. The van der Waals surface area contributed by atoms with E-state index in [1.165, 1.54) is 29.2 Å². The van der Waals surface area contributed by atoms with Crippen LogP contribution in [0.2, 0.25) is 5.02 Å². The van der Waals surface area contributed by atoms with Gasteiger partial charge in [-0.05, 0) is 93.6 Å². The Morgan fingerprint density at radius 1 is 0.925 bits per heavy atom. The van der Waals surface area contributed by atoms with E-state index in [0.717, 1.165) is 21.0 Å². The monoisotopic (exact) mass is 583 g/mol. The van der Waals surface area contributed by atoms with Gasteiger partial charge in [0.25, 0.3) is 10.0 Å². The van der Waals surface area contributed by atoms with Crippen LogP contribution in [-0.4, -0.2) is 50.3 Å². The molecule has 9 heteroatoms. The third-order valence-electron chi connectivity index (χ3n) is 6.76. The van der Waals surface area contributed by atoms with Gasteiger partial charge in [0.2, 0.25) is 11.8 Å². The van der Waals surface area contributed by atoms with Crippen LogP contribution in [0.1, 0.15) is 43.9 Å². The fourth-order valence-corrected chi connectivity index (χ4v) is 5.95. The summed E-state index contributed by atoms with van der Waals surface area (Å²) in [5.41, 5.74) is 3.28. The van der Waals surface area contributed by atoms with Gasteiger partial charge in [-0.15, -0.1) is 0 Å². The molecule has 0 aliphatic heterocycles. The van der Waals surface area contributed by atoms with E-state index in [0.29, 0.717) is 23.6 Å². The molecule has 3 aromatic rings. The van der Waals surface area contributed by atoms with Crippen LogP contribution in [0.5, 0.6) is 0 Å². The first-order chi connectivity index (χ1) is 18.9. The summed E-state index contributed by atoms with van der Waals surface area (Å²) < 4.78 is 29.0. The lowest BCUT2D eigenvalue weighted by Crippen LogP contribution is -2.54. The van der Waals surface area contributed by atoms with E-state index in [1.807, 2.05) is 71.0 Å². The van der Waals surface area contributed by atoms with Gasteiger partial charge in [0.05, 0.1) is 10.6 Å². The minimum atomic E-state index is -4.14. The molecule has 1 N–H and O–H groups in total. The predicted molar refractivity (Wildman–Crippen MR) is 161 cm³/mol. The zero-order valence-electron chi connectivity index (χ0n) is 23.7. The van der Waals surface area contributed by atoms with E-state index in [-0.39, 0.29) is 23.4 Å². The van der Waals surface area contributed by atoms with Crippen LogP contribution in [0, 0.1) is 13.8 Å². The summed E-state index contributed by atoms with van der Waals surface area (Å²) >= 11 is 6.02. The molecule has 40 heavy (non-hydrogen) atoms. The summed E-state index contributed by atoms with van der Waals surface area (Å²) in [4.78, 5) is 28.7. The molecule has 0 saturated heterocycles. The Labute approximate surface area is 243 Å². The van der Waals surface area contributed by atoms with Crippen molar-refractivity contribution < 1.29 is 18.0 Å². The van der Waals surface area contributed by atoms with E-state index in [2.05, 4.69) is 5.32 Å². The van der Waals surface area contributed by atoms with Crippen molar-refractivity contribution in [2.24, 2.45) is 0 Å². The number of hydrogen-bond donors (Lipinski definition) is 1. The standard InChI is InChI=1S/C31H38ClN3O4S/c1-6-29(31(37)33-22(2)3)34(19-18-25-10-8-7-9-11-25)30(36)21-35(27-15-12-23(4)24(5)20-27)40(38,39)28-16-13-26(32)14-17-28/h7-17,20,22,29H,6,18-19,21H2,1-5H3,(H,33,37)/t29-/m1/s1. The number of nitrogens with zero attached hydrogens (tertiary/aromatic N) is 2. The number of aryl methyl sites for hydroxylation is 2. The van der Waals surface area contributed by atoms with Gasteiger partial charge < -0.3 is 10.2 Å².